The molecule has 2 aliphatic heterocycles. The normalized spacial score (nSPS) is 18.5. The Hall–Kier alpha value is -3.73. The maximum absolute atomic E-state index is 13.6. The fourth-order valence-corrected chi connectivity index (χ4v) is 5.08. The molecule has 1 N–H and O–H groups in total. The molecule has 208 valence electrons. The van der Waals surface area contributed by atoms with Gasteiger partial charge < -0.3 is 9.47 Å². The van der Waals surface area contributed by atoms with Crippen molar-refractivity contribution in [3.8, 4) is 0 Å². The molecule has 1 fully saturated rings. The first-order chi connectivity index (χ1) is 18.2. The molecule has 39 heavy (non-hydrogen) atoms. The molecule has 1 atom stereocenters. The van der Waals surface area contributed by atoms with Gasteiger partial charge in [-0.3, -0.25) is 20.2 Å². The quantitative estimate of drug-likeness (QED) is 0.292. The van der Waals surface area contributed by atoms with Crippen molar-refractivity contribution in [1.82, 2.24) is 9.96 Å². The molecule has 4 rings (SSSR count). The molecule has 2 aliphatic rings. The van der Waals surface area contributed by atoms with Gasteiger partial charge in [0, 0.05) is 31.8 Å². The van der Waals surface area contributed by atoms with Crippen molar-refractivity contribution in [2.24, 2.45) is 0 Å². The van der Waals surface area contributed by atoms with Crippen LogP contribution in [-0.4, -0.2) is 58.3 Å². The number of nitrogens with zero attached hydrogens (tertiary/aromatic N) is 3. The largest absolute Gasteiger partial charge is 0.466 e. The number of benzene rings is 2. The predicted molar refractivity (Wildman–Crippen MR) is 145 cm³/mol. The van der Waals surface area contributed by atoms with Gasteiger partial charge in [-0.25, -0.2) is 14.7 Å². The summed E-state index contributed by atoms with van der Waals surface area (Å²) in [4.78, 5) is 39.7. The van der Waals surface area contributed by atoms with Crippen molar-refractivity contribution < 1.29 is 29.2 Å². The van der Waals surface area contributed by atoms with Crippen LogP contribution in [0.15, 0.2) is 77.1 Å². The second-order valence-corrected chi connectivity index (χ2v) is 9.45. The van der Waals surface area contributed by atoms with Gasteiger partial charge in [-0.05, 0) is 37.8 Å². The lowest BCUT2D eigenvalue weighted by atomic mass is 9.80. The minimum absolute atomic E-state index is 0. The minimum Gasteiger partial charge on any atom is -0.466 e. The van der Waals surface area contributed by atoms with Crippen LogP contribution in [0.4, 0.5) is 5.69 Å². The van der Waals surface area contributed by atoms with Gasteiger partial charge in [0.05, 0.1) is 40.5 Å². The lowest BCUT2D eigenvalue weighted by Gasteiger charge is -2.35. The van der Waals surface area contributed by atoms with Crippen molar-refractivity contribution in [1.29, 1.82) is 0 Å². The molecule has 10 nitrogen and oxygen atoms in total. The summed E-state index contributed by atoms with van der Waals surface area (Å²) in [5.41, 5.74) is 1.75. The SMILES string of the molecule is COC(=O)C1=C(C)N(O)C(C)=C(C(=O)OC2CCN(Cc3ccccc3)CC2)C1c1cccc([N+](=O)[O-])c1.Cl. The third kappa shape index (κ3) is 6.47. The maximum atomic E-state index is 13.6. The summed E-state index contributed by atoms with van der Waals surface area (Å²) in [7, 11) is 1.20. The van der Waals surface area contributed by atoms with Gasteiger partial charge in [0.15, 0.2) is 0 Å². The van der Waals surface area contributed by atoms with E-state index in [2.05, 4.69) is 17.0 Å². The van der Waals surface area contributed by atoms with Gasteiger partial charge >= 0.3 is 11.9 Å². The van der Waals surface area contributed by atoms with E-state index in [-0.39, 0.29) is 46.7 Å². The molecule has 0 radical (unpaired) electrons. The molecular weight excluding hydrogens is 526 g/mol. The predicted octanol–water partition coefficient (Wildman–Crippen LogP) is 4.73. The second kappa shape index (κ2) is 12.9. The van der Waals surface area contributed by atoms with Crippen LogP contribution in [0.25, 0.3) is 0 Å². The number of esters is 2. The third-order valence-corrected chi connectivity index (χ3v) is 7.09. The molecule has 2 heterocycles. The van der Waals surface area contributed by atoms with Crippen LogP contribution in [-0.2, 0) is 25.6 Å². The van der Waals surface area contributed by atoms with E-state index in [1.807, 2.05) is 18.2 Å². The van der Waals surface area contributed by atoms with Crippen LogP contribution in [0.2, 0.25) is 0 Å². The molecule has 0 saturated carbocycles. The molecule has 0 amide bonds. The number of methoxy groups -OCH3 is 1. The zero-order valence-electron chi connectivity index (χ0n) is 22.0. The monoisotopic (exact) mass is 557 g/mol. The van der Waals surface area contributed by atoms with Gasteiger partial charge in [0.2, 0.25) is 0 Å². The Balaban J connectivity index is 0.00000420. The van der Waals surface area contributed by atoms with Crippen LogP contribution in [0.1, 0.15) is 43.7 Å². The Bertz CT molecular complexity index is 1290. The number of non-ortho nitro benzene ring substituents is 1. The van der Waals surface area contributed by atoms with Gasteiger partial charge in [0.25, 0.3) is 5.69 Å². The number of halogens is 1. The van der Waals surface area contributed by atoms with Crippen LogP contribution in [0.3, 0.4) is 0 Å². The number of nitro benzene ring substituents is 1. The van der Waals surface area contributed by atoms with Gasteiger partial charge in [-0.1, -0.05) is 42.5 Å². The topological polar surface area (TPSA) is 122 Å². The van der Waals surface area contributed by atoms with E-state index in [9.17, 15) is 24.9 Å². The molecule has 0 spiro atoms. The summed E-state index contributed by atoms with van der Waals surface area (Å²) in [6.07, 6.45) is 0.920. The van der Waals surface area contributed by atoms with E-state index in [4.69, 9.17) is 9.47 Å². The van der Waals surface area contributed by atoms with E-state index < -0.39 is 22.8 Å². The Morgan fingerprint density at radius 1 is 1.00 bits per heavy atom. The highest BCUT2D eigenvalue weighted by atomic mass is 35.5. The summed E-state index contributed by atoms with van der Waals surface area (Å²) in [5.74, 6) is -2.46. The molecular formula is C28H32ClN3O7. The lowest BCUT2D eigenvalue weighted by Crippen LogP contribution is -2.39. The standard InChI is InChI=1S/C28H31N3O7.ClH/c1-18-24(27(32)37-3)26(21-10-7-11-22(16-21)31(35)36)25(19(2)30(18)34)28(33)38-23-12-14-29(15-13-23)17-20-8-5-4-6-9-20;/h4-11,16,23,26,34H,12-15,17H2,1-3H3;1H. The number of nitro groups is 1. The number of carbonyl (C=O) groups excluding carboxylic acids is 2. The fourth-order valence-electron chi connectivity index (χ4n) is 5.08. The number of piperidine rings is 1. The van der Waals surface area contributed by atoms with Crippen molar-refractivity contribution >= 4 is 30.0 Å². The average Bonchev–Trinajstić information content (AvgIpc) is 2.92. The van der Waals surface area contributed by atoms with Crippen molar-refractivity contribution in [3.05, 3.63) is 98.4 Å². The van der Waals surface area contributed by atoms with Crippen molar-refractivity contribution in [3.63, 3.8) is 0 Å². The zero-order valence-corrected chi connectivity index (χ0v) is 22.8. The summed E-state index contributed by atoms with van der Waals surface area (Å²) in [6.45, 7) is 5.37. The molecule has 2 aromatic carbocycles. The second-order valence-electron chi connectivity index (χ2n) is 9.45. The first-order valence-corrected chi connectivity index (χ1v) is 12.4. The number of allylic oxidation sites excluding steroid dienone is 2. The van der Waals surface area contributed by atoms with Crippen LogP contribution in [0.5, 0.6) is 0 Å². The number of carbonyl (C=O) groups is 2. The first-order valence-electron chi connectivity index (χ1n) is 12.4. The van der Waals surface area contributed by atoms with Crippen LogP contribution >= 0.6 is 12.4 Å². The average molecular weight is 558 g/mol. The van der Waals surface area contributed by atoms with Crippen molar-refractivity contribution in [2.45, 2.75) is 45.3 Å². The van der Waals surface area contributed by atoms with Crippen LogP contribution < -0.4 is 0 Å². The molecule has 0 aromatic heterocycles. The Morgan fingerprint density at radius 3 is 2.21 bits per heavy atom. The summed E-state index contributed by atoms with van der Waals surface area (Å²) in [6, 6.07) is 15.9. The number of likely N-dealkylation sites (tertiary alicyclic amines) is 1. The van der Waals surface area contributed by atoms with Gasteiger partial charge in [0.1, 0.15) is 6.10 Å². The number of hydrogen-bond acceptors (Lipinski definition) is 9. The molecule has 0 bridgehead atoms. The highest BCUT2D eigenvalue weighted by Gasteiger charge is 2.41. The summed E-state index contributed by atoms with van der Waals surface area (Å²) in [5, 5.41) is 23.0. The zero-order chi connectivity index (χ0) is 27.4. The lowest BCUT2D eigenvalue weighted by molar-refractivity contribution is -0.384. The van der Waals surface area contributed by atoms with Crippen molar-refractivity contribution in [2.75, 3.05) is 20.2 Å². The highest BCUT2D eigenvalue weighted by molar-refractivity contribution is 5.99. The summed E-state index contributed by atoms with van der Waals surface area (Å²) < 4.78 is 10.9. The number of hydroxylamine groups is 2. The first kappa shape index (κ1) is 29.8. The molecule has 1 unspecified atom stereocenters. The molecule has 0 aliphatic carbocycles. The Kier molecular flexibility index (Phi) is 9.85. The maximum Gasteiger partial charge on any atom is 0.337 e. The molecule has 1 saturated heterocycles. The Labute approximate surface area is 233 Å². The summed E-state index contributed by atoms with van der Waals surface area (Å²) >= 11 is 0. The Morgan fingerprint density at radius 2 is 1.62 bits per heavy atom. The van der Waals surface area contributed by atoms with E-state index >= 15 is 0 Å². The number of rotatable bonds is 7. The van der Waals surface area contributed by atoms with E-state index in [1.165, 1.54) is 37.8 Å². The number of ether oxygens (including phenoxy) is 2. The highest BCUT2D eigenvalue weighted by Crippen LogP contribution is 2.43. The van der Waals surface area contributed by atoms with Gasteiger partial charge in [-0.15, -0.1) is 12.4 Å². The van der Waals surface area contributed by atoms with Crippen LogP contribution in [0, 0.1) is 10.1 Å². The van der Waals surface area contributed by atoms with Gasteiger partial charge in [-0.2, -0.15) is 0 Å². The smallest absolute Gasteiger partial charge is 0.337 e. The van der Waals surface area contributed by atoms with E-state index in [0.29, 0.717) is 18.4 Å². The fraction of sp³-hybridized carbons (Fsp3) is 0.357. The molecule has 11 heteroatoms. The third-order valence-electron chi connectivity index (χ3n) is 7.09. The van der Waals surface area contributed by atoms with E-state index in [1.54, 1.807) is 13.0 Å². The van der Waals surface area contributed by atoms with E-state index in [0.717, 1.165) is 24.7 Å². The number of hydrogen-bond donors (Lipinski definition) is 1. The molecule has 2 aromatic rings. The minimum atomic E-state index is -1.02.